The Morgan fingerprint density at radius 2 is 1.94 bits per heavy atom. The average Bonchev–Trinajstić information content (AvgIpc) is 3.29. The van der Waals surface area contributed by atoms with Crippen molar-refractivity contribution in [3.05, 3.63) is 42.2 Å². The number of carbonyl (C=O) groups excluding carboxylic acids is 2. The van der Waals surface area contributed by atoms with Crippen molar-refractivity contribution in [2.45, 2.75) is 69.1 Å². The largest absolute Gasteiger partial charge is 0.480 e. The van der Waals surface area contributed by atoms with Crippen LogP contribution in [-0.2, 0) is 15.0 Å². The molecular weight excluding hydrogens is 442 g/mol. The molecule has 1 aromatic carbocycles. The number of anilines is 1. The lowest BCUT2D eigenvalue weighted by molar-refractivity contribution is -0.179. The normalized spacial score (nSPS) is 39.5. The van der Waals surface area contributed by atoms with Crippen molar-refractivity contribution in [1.82, 2.24) is 9.80 Å². The first-order chi connectivity index (χ1) is 16.4. The van der Waals surface area contributed by atoms with E-state index in [1.807, 2.05) is 44.0 Å². The zero-order valence-electron chi connectivity index (χ0n) is 21.2. The fraction of sp³-hybridized carbons (Fsp3) is 0.571. The average molecular weight is 476 g/mol. The molecule has 1 aromatic rings. The molecule has 5 fully saturated rings. The molecule has 1 aliphatic carbocycles. The molecule has 4 saturated heterocycles. The van der Waals surface area contributed by atoms with Gasteiger partial charge in [0.05, 0.1) is 22.9 Å². The molecule has 6 aliphatic heterocycles. The molecule has 1 N–H and O–H groups in total. The van der Waals surface area contributed by atoms with Crippen molar-refractivity contribution in [3.63, 3.8) is 0 Å². The van der Waals surface area contributed by atoms with E-state index in [0.717, 1.165) is 37.1 Å². The number of piperazine rings is 1. The first-order valence-corrected chi connectivity index (χ1v) is 12.6. The first kappa shape index (κ1) is 21.5. The quantitative estimate of drug-likeness (QED) is 0.581. The molecule has 3 spiro atoms. The minimum absolute atomic E-state index is 0.00783. The maximum absolute atomic E-state index is 14.1. The molecule has 184 valence electrons. The predicted molar refractivity (Wildman–Crippen MR) is 131 cm³/mol. The van der Waals surface area contributed by atoms with Crippen LogP contribution >= 0.6 is 0 Å². The number of benzene rings is 1. The SMILES string of the molecule is C=C1CCN2C[C@]34C[C@@]5(C(=O)Nc6c5ccc5c6OC=CC(C)(C)O5)C(C)(C)[C@@H]3C[C@]12C(=O)N4C. The van der Waals surface area contributed by atoms with E-state index in [-0.39, 0.29) is 17.7 Å². The Bertz CT molecular complexity index is 1280. The fourth-order valence-electron chi connectivity index (χ4n) is 8.69. The van der Waals surface area contributed by atoms with Gasteiger partial charge in [-0.15, -0.1) is 0 Å². The second-order valence-electron chi connectivity index (χ2n) is 12.6. The second-order valence-corrected chi connectivity index (χ2v) is 12.6. The highest BCUT2D eigenvalue weighted by atomic mass is 16.5. The van der Waals surface area contributed by atoms with E-state index >= 15 is 0 Å². The van der Waals surface area contributed by atoms with Crippen LogP contribution in [0.3, 0.4) is 0 Å². The predicted octanol–water partition coefficient (Wildman–Crippen LogP) is 3.60. The third-order valence-corrected chi connectivity index (χ3v) is 10.5. The summed E-state index contributed by atoms with van der Waals surface area (Å²) in [5.74, 6) is 1.48. The number of fused-ring (bicyclic) bond motifs is 5. The van der Waals surface area contributed by atoms with E-state index in [0.29, 0.717) is 23.6 Å². The molecule has 6 heterocycles. The Hall–Kier alpha value is -2.80. The third kappa shape index (κ3) is 2.11. The van der Waals surface area contributed by atoms with Crippen molar-refractivity contribution in [1.29, 1.82) is 0 Å². The number of amides is 2. The number of nitrogens with zero attached hydrogens (tertiary/aromatic N) is 2. The van der Waals surface area contributed by atoms with Crippen molar-refractivity contribution in [2.75, 3.05) is 25.5 Å². The summed E-state index contributed by atoms with van der Waals surface area (Å²) in [5.41, 5.74) is -0.0401. The van der Waals surface area contributed by atoms with Gasteiger partial charge in [-0.25, -0.2) is 0 Å². The number of hydrogen-bond acceptors (Lipinski definition) is 5. The van der Waals surface area contributed by atoms with Crippen LogP contribution in [0.2, 0.25) is 0 Å². The molecule has 8 rings (SSSR count). The lowest BCUT2D eigenvalue weighted by Crippen LogP contribution is -2.78. The van der Waals surface area contributed by atoms with Crippen LogP contribution < -0.4 is 14.8 Å². The molecule has 4 atom stereocenters. The van der Waals surface area contributed by atoms with Gasteiger partial charge in [0.25, 0.3) is 0 Å². The molecule has 2 amide bonds. The Morgan fingerprint density at radius 1 is 1.17 bits per heavy atom. The van der Waals surface area contributed by atoms with Crippen molar-refractivity contribution in [2.24, 2.45) is 11.3 Å². The smallest absolute Gasteiger partial charge is 0.247 e. The monoisotopic (exact) mass is 475 g/mol. The number of piperidine rings is 2. The fourth-order valence-corrected chi connectivity index (χ4v) is 8.69. The summed E-state index contributed by atoms with van der Waals surface area (Å²) in [6, 6.07) is 3.98. The van der Waals surface area contributed by atoms with Crippen LogP contribution in [0.25, 0.3) is 0 Å². The minimum Gasteiger partial charge on any atom is -0.480 e. The summed E-state index contributed by atoms with van der Waals surface area (Å²) in [7, 11) is 1.95. The molecule has 1 saturated carbocycles. The Balaban J connectivity index is 1.42. The topological polar surface area (TPSA) is 71.1 Å². The van der Waals surface area contributed by atoms with E-state index in [4.69, 9.17) is 9.47 Å². The molecular formula is C28H33N3O4. The van der Waals surface area contributed by atoms with E-state index in [1.165, 1.54) is 0 Å². The van der Waals surface area contributed by atoms with E-state index in [9.17, 15) is 9.59 Å². The van der Waals surface area contributed by atoms with Gasteiger partial charge in [0.1, 0.15) is 11.1 Å². The highest BCUT2D eigenvalue weighted by Gasteiger charge is 2.79. The third-order valence-electron chi connectivity index (χ3n) is 10.5. The molecule has 2 bridgehead atoms. The Labute approximate surface area is 206 Å². The van der Waals surface area contributed by atoms with Crippen molar-refractivity contribution < 1.29 is 19.1 Å². The van der Waals surface area contributed by atoms with E-state index in [1.54, 1.807) is 6.26 Å². The molecule has 7 nitrogen and oxygen atoms in total. The number of likely N-dealkylation sites (N-methyl/N-ethyl adjacent to an activating group) is 1. The van der Waals surface area contributed by atoms with Gasteiger partial charge in [-0.3, -0.25) is 14.5 Å². The van der Waals surface area contributed by atoms with Crippen LogP contribution in [0, 0.1) is 11.3 Å². The summed E-state index contributed by atoms with van der Waals surface area (Å²) in [5, 5.41) is 3.20. The molecule has 0 unspecified atom stereocenters. The summed E-state index contributed by atoms with van der Waals surface area (Å²) in [4.78, 5) is 32.3. The van der Waals surface area contributed by atoms with Gasteiger partial charge in [0.15, 0.2) is 11.5 Å². The zero-order chi connectivity index (χ0) is 24.8. The highest BCUT2D eigenvalue weighted by Crippen LogP contribution is 2.72. The van der Waals surface area contributed by atoms with E-state index in [2.05, 4.69) is 30.6 Å². The standard InChI is InChI=1S/C28H33N3O4/c1-16-9-11-31-15-26-14-27(25(4,5)19(26)13-28(16,31)23(33)30(26)6)17-7-8-18-21(20(17)29-22(27)32)34-12-10-24(2,3)35-18/h7-8,10,12,19H,1,9,11,13-15H2,2-6H3,(H,29,32)/t19-,26+,27+,28+/m0/s1. The van der Waals surface area contributed by atoms with Crippen LogP contribution in [0.15, 0.2) is 36.6 Å². The number of carbonyl (C=O) groups is 2. The number of ether oxygens (including phenoxy) is 2. The van der Waals surface area contributed by atoms with Crippen LogP contribution in [0.5, 0.6) is 11.5 Å². The van der Waals surface area contributed by atoms with Gasteiger partial charge >= 0.3 is 0 Å². The second kappa shape index (κ2) is 5.94. The van der Waals surface area contributed by atoms with Gasteiger partial charge in [0, 0.05) is 20.1 Å². The Kier molecular flexibility index (Phi) is 3.65. The Morgan fingerprint density at radius 3 is 2.71 bits per heavy atom. The maximum atomic E-state index is 14.1. The highest BCUT2D eigenvalue weighted by molar-refractivity contribution is 6.10. The van der Waals surface area contributed by atoms with Gasteiger partial charge in [-0.05, 0) is 67.7 Å². The van der Waals surface area contributed by atoms with Crippen molar-refractivity contribution in [3.8, 4) is 11.5 Å². The van der Waals surface area contributed by atoms with Crippen LogP contribution in [-0.4, -0.2) is 58.4 Å². The number of nitrogens with one attached hydrogen (secondary N) is 1. The van der Waals surface area contributed by atoms with E-state index < -0.39 is 27.5 Å². The van der Waals surface area contributed by atoms with Gasteiger partial charge in [-0.2, -0.15) is 0 Å². The summed E-state index contributed by atoms with van der Waals surface area (Å²) >= 11 is 0. The minimum atomic E-state index is -0.780. The first-order valence-electron chi connectivity index (χ1n) is 12.6. The van der Waals surface area contributed by atoms with Gasteiger partial charge < -0.3 is 19.7 Å². The van der Waals surface area contributed by atoms with Gasteiger partial charge in [0.2, 0.25) is 11.8 Å². The summed E-state index contributed by atoms with van der Waals surface area (Å²) in [6.45, 7) is 14.4. The maximum Gasteiger partial charge on any atom is 0.247 e. The molecule has 0 radical (unpaired) electrons. The van der Waals surface area contributed by atoms with Crippen LogP contribution in [0.1, 0.15) is 52.5 Å². The lowest BCUT2D eigenvalue weighted by Gasteiger charge is -2.64. The lowest BCUT2D eigenvalue weighted by atomic mass is 9.57. The molecule has 7 heteroatoms. The molecule has 0 aromatic heterocycles. The van der Waals surface area contributed by atoms with Crippen molar-refractivity contribution >= 4 is 17.5 Å². The number of hydrogen-bond donors (Lipinski definition) is 1. The number of rotatable bonds is 0. The molecule has 7 aliphatic rings. The summed E-state index contributed by atoms with van der Waals surface area (Å²) < 4.78 is 12.2. The molecule has 35 heavy (non-hydrogen) atoms. The summed E-state index contributed by atoms with van der Waals surface area (Å²) in [6.07, 6.45) is 5.71. The van der Waals surface area contributed by atoms with Crippen LogP contribution in [0.4, 0.5) is 5.69 Å². The zero-order valence-corrected chi connectivity index (χ0v) is 21.2. The van der Waals surface area contributed by atoms with Gasteiger partial charge in [-0.1, -0.05) is 26.5 Å².